The predicted octanol–water partition coefficient (Wildman–Crippen LogP) is 6.22. The number of rotatable bonds is 4. The molecule has 4 aromatic rings. The van der Waals surface area contributed by atoms with Crippen molar-refractivity contribution in [3.8, 4) is 11.4 Å². The first-order chi connectivity index (χ1) is 16.8. The lowest BCUT2D eigenvalue weighted by molar-refractivity contribution is -0.137. The molecule has 5 rings (SSSR count). The van der Waals surface area contributed by atoms with Crippen molar-refractivity contribution in [2.45, 2.75) is 44.8 Å². The zero-order valence-corrected chi connectivity index (χ0v) is 19.7. The van der Waals surface area contributed by atoms with Crippen molar-refractivity contribution in [3.05, 3.63) is 81.0 Å². The molecule has 2 heterocycles. The SMILES string of the molecule is CC(C(=O)Nc1ccccc1C(F)(F)F)n1c(-c2ccccc2)nc2sc3c(c2c1=O)CCCC3. The van der Waals surface area contributed by atoms with Crippen LogP contribution in [0.5, 0.6) is 0 Å². The van der Waals surface area contributed by atoms with E-state index < -0.39 is 23.7 Å². The van der Waals surface area contributed by atoms with Gasteiger partial charge in [-0.1, -0.05) is 42.5 Å². The highest BCUT2D eigenvalue weighted by Crippen LogP contribution is 2.37. The van der Waals surface area contributed by atoms with Gasteiger partial charge in [0.1, 0.15) is 16.7 Å². The predicted molar refractivity (Wildman–Crippen MR) is 131 cm³/mol. The van der Waals surface area contributed by atoms with E-state index >= 15 is 0 Å². The molecule has 35 heavy (non-hydrogen) atoms. The lowest BCUT2D eigenvalue weighted by Crippen LogP contribution is -2.34. The van der Waals surface area contributed by atoms with E-state index in [4.69, 9.17) is 4.98 Å². The number of benzene rings is 2. The van der Waals surface area contributed by atoms with Crippen LogP contribution < -0.4 is 10.9 Å². The zero-order valence-electron chi connectivity index (χ0n) is 18.9. The van der Waals surface area contributed by atoms with E-state index in [1.54, 1.807) is 24.3 Å². The molecule has 0 saturated heterocycles. The van der Waals surface area contributed by atoms with Crippen LogP contribution in [0.2, 0.25) is 0 Å². The van der Waals surface area contributed by atoms with Crippen LogP contribution in [0.15, 0.2) is 59.4 Å². The number of nitrogens with one attached hydrogen (secondary N) is 1. The van der Waals surface area contributed by atoms with Gasteiger partial charge in [-0.3, -0.25) is 14.2 Å². The molecule has 0 aliphatic heterocycles. The van der Waals surface area contributed by atoms with E-state index in [1.165, 1.54) is 41.0 Å². The number of nitrogens with zero attached hydrogens (tertiary/aromatic N) is 2. The van der Waals surface area contributed by atoms with Crippen molar-refractivity contribution < 1.29 is 18.0 Å². The highest BCUT2D eigenvalue weighted by atomic mass is 32.1. The number of fused-ring (bicyclic) bond motifs is 3. The van der Waals surface area contributed by atoms with Gasteiger partial charge in [0.05, 0.1) is 16.6 Å². The molecule has 9 heteroatoms. The molecule has 0 saturated carbocycles. The Kier molecular flexibility index (Phi) is 5.96. The number of thiophene rings is 1. The summed E-state index contributed by atoms with van der Waals surface area (Å²) in [6.45, 7) is 1.51. The van der Waals surface area contributed by atoms with Crippen molar-refractivity contribution in [2.75, 3.05) is 5.32 Å². The van der Waals surface area contributed by atoms with Crippen LogP contribution >= 0.6 is 11.3 Å². The average Bonchev–Trinajstić information content (AvgIpc) is 3.22. The summed E-state index contributed by atoms with van der Waals surface area (Å²) in [6, 6.07) is 12.7. The number of alkyl halides is 3. The molecule has 1 unspecified atom stereocenters. The Hall–Kier alpha value is -3.46. The molecular weight excluding hydrogens is 475 g/mol. The molecule has 0 radical (unpaired) electrons. The average molecular weight is 498 g/mol. The Balaban J connectivity index is 1.64. The summed E-state index contributed by atoms with van der Waals surface area (Å²) in [6.07, 6.45) is -0.938. The van der Waals surface area contributed by atoms with Gasteiger partial charge in [-0.15, -0.1) is 11.3 Å². The molecule has 0 spiro atoms. The van der Waals surface area contributed by atoms with Gasteiger partial charge in [-0.05, 0) is 50.3 Å². The molecule has 2 aromatic heterocycles. The number of carbonyl (C=O) groups is 1. The Morgan fingerprint density at radius 1 is 1.06 bits per heavy atom. The Labute approximate surface area is 203 Å². The molecular formula is C26H22F3N3O2S. The number of hydrogen-bond donors (Lipinski definition) is 1. The van der Waals surface area contributed by atoms with Gasteiger partial charge in [0.2, 0.25) is 5.91 Å². The maximum Gasteiger partial charge on any atom is 0.418 e. The minimum absolute atomic E-state index is 0.313. The Bertz CT molecular complexity index is 1480. The van der Waals surface area contributed by atoms with Gasteiger partial charge in [0.25, 0.3) is 5.56 Å². The number of amides is 1. The minimum atomic E-state index is -4.63. The third kappa shape index (κ3) is 4.25. The second-order valence-corrected chi connectivity index (χ2v) is 9.66. The molecule has 1 aliphatic carbocycles. The maximum atomic E-state index is 13.8. The first kappa shape index (κ1) is 23.3. The van der Waals surface area contributed by atoms with Crippen LogP contribution in [0.25, 0.3) is 21.6 Å². The minimum Gasteiger partial charge on any atom is -0.324 e. The fourth-order valence-electron chi connectivity index (χ4n) is 4.56. The van der Waals surface area contributed by atoms with E-state index in [0.29, 0.717) is 21.6 Å². The van der Waals surface area contributed by atoms with E-state index in [0.717, 1.165) is 42.2 Å². The van der Waals surface area contributed by atoms with Crippen molar-refractivity contribution in [1.82, 2.24) is 9.55 Å². The van der Waals surface area contributed by atoms with Gasteiger partial charge < -0.3 is 5.32 Å². The summed E-state index contributed by atoms with van der Waals surface area (Å²) in [5.74, 6) is -0.417. The lowest BCUT2D eigenvalue weighted by Gasteiger charge is -2.21. The van der Waals surface area contributed by atoms with Crippen LogP contribution in [0.3, 0.4) is 0 Å². The number of para-hydroxylation sites is 1. The molecule has 180 valence electrons. The van der Waals surface area contributed by atoms with Crippen molar-refractivity contribution in [3.63, 3.8) is 0 Å². The van der Waals surface area contributed by atoms with Crippen molar-refractivity contribution >= 4 is 33.1 Å². The quantitative estimate of drug-likeness (QED) is 0.364. The van der Waals surface area contributed by atoms with Crippen LogP contribution in [0.4, 0.5) is 18.9 Å². The number of carbonyl (C=O) groups excluding carboxylic acids is 1. The Morgan fingerprint density at radius 2 is 1.74 bits per heavy atom. The van der Waals surface area contributed by atoms with E-state index in [1.807, 2.05) is 6.07 Å². The molecule has 5 nitrogen and oxygen atoms in total. The summed E-state index contributed by atoms with van der Waals surface area (Å²) >= 11 is 1.51. The fourth-order valence-corrected chi connectivity index (χ4v) is 5.81. The first-order valence-electron chi connectivity index (χ1n) is 11.3. The summed E-state index contributed by atoms with van der Waals surface area (Å²) < 4.78 is 41.7. The van der Waals surface area contributed by atoms with E-state index in [2.05, 4.69) is 5.32 Å². The second-order valence-electron chi connectivity index (χ2n) is 8.58. The summed E-state index contributed by atoms with van der Waals surface area (Å²) in [7, 11) is 0. The largest absolute Gasteiger partial charge is 0.418 e. The summed E-state index contributed by atoms with van der Waals surface area (Å²) in [4.78, 5) is 33.7. The highest BCUT2D eigenvalue weighted by Gasteiger charge is 2.34. The number of hydrogen-bond acceptors (Lipinski definition) is 4. The summed E-state index contributed by atoms with van der Waals surface area (Å²) in [5, 5.41) is 2.90. The van der Waals surface area contributed by atoms with E-state index in [-0.39, 0.29) is 11.2 Å². The first-order valence-corrected chi connectivity index (χ1v) is 12.2. The zero-order chi connectivity index (χ0) is 24.7. The van der Waals surface area contributed by atoms with Gasteiger partial charge in [0, 0.05) is 10.4 Å². The van der Waals surface area contributed by atoms with Crippen LogP contribution in [-0.4, -0.2) is 15.5 Å². The van der Waals surface area contributed by atoms with Gasteiger partial charge in [0.15, 0.2) is 0 Å². The molecule has 1 amide bonds. The van der Waals surface area contributed by atoms with Gasteiger partial charge >= 0.3 is 6.18 Å². The normalized spacial score (nSPS) is 14.5. The third-order valence-electron chi connectivity index (χ3n) is 6.31. The van der Waals surface area contributed by atoms with Crippen LogP contribution in [0, 0.1) is 0 Å². The standard InChI is InChI=1S/C26H22F3N3O2S/c1-15(23(33)30-19-13-7-6-12-18(19)26(27,28)29)32-22(16-9-3-2-4-10-16)31-24-21(25(32)34)17-11-5-8-14-20(17)35-24/h2-4,6-7,9-10,12-13,15H,5,8,11,14H2,1H3,(H,30,33). The molecule has 2 aromatic carbocycles. The second kappa shape index (κ2) is 8.96. The smallest absolute Gasteiger partial charge is 0.324 e. The van der Waals surface area contributed by atoms with Crippen molar-refractivity contribution in [1.29, 1.82) is 0 Å². The number of aryl methyl sites for hydroxylation is 2. The van der Waals surface area contributed by atoms with Crippen LogP contribution in [-0.2, 0) is 23.8 Å². The highest BCUT2D eigenvalue weighted by molar-refractivity contribution is 7.18. The number of halogens is 3. The molecule has 1 aliphatic rings. The van der Waals surface area contributed by atoms with E-state index in [9.17, 15) is 22.8 Å². The van der Waals surface area contributed by atoms with Crippen molar-refractivity contribution in [2.24, 2.45) is 0 Å². The number of aromatic nitrogens is 2. The monoisotopic (exact) mass is 497 g/mol. The summed E-state index contributed by atoms with van der Waals surface area (Å²) in [5.41, 5.74) is -0.0184. The lowest BCUT2D eigenvalue weighted by atomic mass is 9.97. The Morgan fingerprint density at radius 3 is 2.49 bits per heavy atom. The van der Waals surface area contributed by atoms with Gasteiger partial charge in [-0.25, -0.2) is 4.98 Å². The molecule has 1 atom stereocenters. The molecule has 0 fully saturated rings. The van der Waals surface area contributed by atoms with Gasteiger partial charge in [-0.2, -0.15) is 13.2 Å². The number of anilines is 1. The fraction of sp³-hybridized carbons (Fsp3) is 0.269. The van der Waals surface area contributed by atoms with Crippen LogP contribution in [0.1, 0.15) is 41.8 Å². The topological polar surface area (TPSA) is 64.0 Å². The molecule has 1 N–H and O–H groups in total. The molecule has 0 bridgehead atoms. The third-order valence-corrected chi connectivity index (χ3v) is 7.50. The maximum absolute atomic E-state index is 13.8.